The van der Waals surface area contributed by atoms with Crippen molar-refractivity contribution < 1.29 is 24.2 Å². The third kappa shape index (κ3) is 3.00. The van der Waals surface area contributed by atoms with Crippen LogP contribution in [-0.2, 0) is 0 Å². The van der Waals surface area contributed by atoms with Gasteiger partial charge in [0.25, 0.3) is 5.91 Å². The second-order valence-electron chi connectivity index (χ2n) is 4.42. The maximum atomic E-state index is 13.7. The molecular weight excluding hydrogens is 277 g/mol. The van der Waals surface area contributed by atoms with Crippen LogP contribution in [0.5, 0.6) is 5.75 Å². The summed E-state index contributed by atoms with van der Waals surface area (Å²) < 4.78 is 13.7. The standard InChI is InChI=1S/C15H12FNO4/c1-8-3-2-4-10(13(8)18)14(19)17-12-6-5-9(15(20)21)7-11(12)16/h2-7,18H,1H3,(H,17,19)(H,20,21). The van der Waals surface area contributed by atoms with E-state index in [1.165, 1.54) is 12.1 Å². The van der Waals surface area contributed by atoms with Crippen LogP contribution in [0.2, 0.25) is 0 Å². The smallest absolute Gasteiger partial charge is 0.335 e. The van der Waals surface area contributed by atoms with Gasteiger partial charge in [0, 0.05) is 0 Å². The van der Waals surface area contributed by atoms with Crippen LogP contribution in [0.3, 0.4) is 0 Å². The number of halogens is 1. The van der Waals surface area contributed by atoms with Crippen LogP contribution in [0.4, 0.5) is 10.1 Å². The molecule has 0 unspecified atom stereocenters. The Balaban J connectivity index is 2.28. The lowest BCUT2D eigenvalue weighted by Gasteiger charge is -2.09. The van der Waals surface area contributed by atoms with Gasteiger partial charge in [0.1, 0.15) is 11.6 Å². The highest BCUT2D eigenvalue weighted by Gasteiger charge is 2.15. The Labute approximate surface area is 119 Å². The van der Waals surface area contributed by atoms with Crippen LogP contribution in [-0.4, -0.2) is 22.1 Å². The molecule has 0 heterocycles. The summed E-state index contributed by atoms with van der Waals surface area (Å²) in [5, 5.41) is 20.8. The summed E-state index contributed by atoms with van der Waals surface area (Å²) >= 11 is 0. The molecule has 0 bridgehead atoms. The number of anilines is 1. The molecule has 0 radical (unpaired) electrons. The van der Waals surface area contributed by atoms with Crippen LogP contribution in [0.1, 0.15) is 26.3 Å². The molecule has 2 aromatic rings. The topological polar surface area (TPSA) is 86.6 Å². The van der Waals surface area contributed by atoms with Gasteiger partial charge in [0.2, 0.25) is 0 Å². The van der Waals surface area contributed by atoms with Gasteiger partial charge in [0.05, 0.1) is 16.8 Å². The number of benzene rings is 2. The highest BCUT2D eigenvalue weighted by atomic mass is 19.1. The normalized spacial score (nSPS) is 10.2. The molecule has 2 aromatic carbocycles. The van der Waals surface area contributed by atoms with Gasteiger partial charge in [-0.3, -0.25) is 4.79 Å². The quantitative estimate of drug-likeness (QED) is 0.811. The lowest BCUT2D eigenvalue weighted by Crippen LogP contribution is -2.14. The minimum atomic E-state index is -1.26. The average molecular weight is 289 g/mol. The summed E-state index contributed by atoms with van der Waals surface area (Å²) in [6.45, 7) is 1.63. The van der Waals surface area contributed by atoms with Crippen molar-refractivity contribution in [3.8, 4) is 5.75 Å². The Morgan fingerprint density at radius 2 is 1.90 bits per heavy atom. The van der Waals surface area contributed by atoms with E-state index in [9.17, 15) is 19.1 Å². The first-order valence-electron chi connectivity index (χ1n) is 6.03. The zero-order valence-electron chi connectivity index (χ0n) is 11.1. The second-order valence-corrected chi connectivity index (χ2v) is 4.42. The van der Waals surface area contributed by atoms with Crippen molar-refractivity contribution in [1.82, 2.24) is 0 Å². The molecule has 0 fully saturated rings. The van der Waals surface area contributed by atoms with Gasteiger partial charge in [-0.25, -0.2) is 9.18 Å². The van der Waals surface area contributed by atoms with Crippen molar-refractivity contribution in [2.24, 2.45) is 0 Å². The number of phenolic OH excluding ortho intramolecular Hbond substituents is 1. The van der Waals surface area contributed by atoms with Gasteiger partial charge in [-0.15, -0.1) is 0 Å². The molecular formula is C15H12FNO4. The highest BCUT2D eigenvalue weighted by molar-refractivity contribution is 6.06. The molecule has 108 valence electrons. The molecule has 0 atom stereocenters. The van der Waals surface area contributed by atoms with Crippen LogP contribution in [0.15, 0.2) is 36.4 Å². The van der Waals surface area contributed by atoms with E-state index in [4.69, 9.17) is 5.11 Å². The summed E-state index contributed by atoms with van der Waals surface area (Å²) in [6, 6.07) is 7.78. The van der Waals surface area contributed by atoms with Crippen molar-refractivity contribution in [3.63, 3.8) is 0 Å². The summed E-state index contributed by atoms with van der Waals surface area (Å²) in [5.74, 6) is -2.99. The summed E-state index contributed by atoms with van der Waals surface area (Å²) in [7, 11) is 0. The summed E-state index contributed by atoms with van der Waals surface area (Å²) in [4.78, 5) is 22.7. The van der Waals surface area contributed by atoms with Crippen molar-refractivity contribution in [2.75, 3.05) is 5.32 Å². The van der Waals surface area contributed by atoms with Crippen LogP contribution >= 0.6 is 0 Å². The number of phenols is 1. The molecule has 0 aromatic heterocycles. The van der Waals surface area contributed by atoms with Crippen LogP contribution < -0.4 is 5.32 Å². The molecule has 0 aliphatic carbocycles. The number of hydrogen-bond acceptors (Lipinski definition) is 3. The van der Waals surface area contributed by atoms with Crippen molar-refractivity contribution in [3.05, 3.63) is 58.9 Å². The van der Waals surface area contributed by atoms with Crippen molar-refractivity contribution in [1.29, 1.82) is 0 Å². The second kappa shape index (κ2) is 5.62. The number of carboxylic acids is 1. The predicted molar refractivity (Wildman–Crippen MR) is 74.2 cm³/mol. The van der Waals surface area contributed by atoms with Crippen LogP contribution in [0, 0.1) is 12.7 Å². The van der Waals surface area contributed by atoms with E-state index in [1.54, 1.807) is 19.1 Å². The third-order valence-electron chi connectivity index (χ3n) is 2.95. The maximum Gasteiger partial charge on any atom is 0.335 e. The van der Waals surface area contributed by atoms with E-state index in [-0.39, 0.29) is 22.6 Å². The summed E-state index contributed by atoms with van der Waals surface area (Å²) in [5.41, 5.74) is 0.149. The molecule has 0 aliphatic rings. The fraction of sp³-hybridized carbons (Fsp3) is 0.0667. The molecule has 0 saturated heterocycles. The van der Waals surface area contributed by atoms with E-state index >= 15 is 0 Å². The maximum absolute atomic E-state index is 13.7. The SMILES string of the molecule is Cc1cccc(C(=O)Nc2ccc(C(=O)O)cc2F)c1O. The Hall–Kier alpha value is -2.89. The number of hydrogen-bond donors (Lipinski definition) is 3. The van der Waals surface area contributed by atoms with Gasteiger partial charge < -0.3 is 15.5 Å². The Kier molecular flexibility index (Phi) is 3.89. The van der Waals surface area contributed by atoms with E-state index in [2.05, 4.69) is 5.32 Å². The zero-order chi connectivity index (χ0) is 15.6. The van der Waals surface area contributed by atoms with Crippen LogP contribution in [0.25, 0.3) is 0 Å². The zero-order valence-corrected chi connectivity index (χ0v) is 11.1. The number of aromatic carboxylic acids is 1. The lowest BCUT2D eigenvalue weighted by molar-refractivity contribution is 0.0696. The van der Waals surface area contributed by atoms with E-state index in [0.717, 1.165) is 12.1 Å². The summed E-state index contributed by atoms with van der Waals surface area (Å²) in [6.07, 6.45) is 0. The Morgan fingerprint density at radius 3 is 2.52 bits per heavy atom. The number of para-hydroxylation sites is 1. The molecule has 21 heavy (non-hydrogen) atoms. The fourth-order valence-electron chi connectivity index (χ4n) is 1.78. The van der Waals surface area contributed by atoms with Crippen molar-refractivity contribution in [2.45, 2.75) is 6.92 Å². The van der Waals surface area contributed by atoms with Gasteiger partial charge >= 0.3 is 5.97 Å². The van der Waals surface area contributed by atoms with E-state index < -0.39 is 17.7 Å². The van der Waals surface area contributed by atoms with Gasteiger partial charge in [-0.1, -0.05) is 12.1 Å². The number of carbonyl (C=O) groups excluding carboxylic acids is 1. The monoisotopic (exact) mass is 289 g/mol. The number of carbonyl (C=O) groups is 2. The first-order chi connectivity index (χ1) is 9.90. The number of aromatic hydroxyl groups is 1. The molecule has 0 spiro atoms. The minimum Gasteiger partial charge on any atom is -0.507 e. The number of rotatable bonds is 3. The van der Waals surface area contributed by atoms with E-state index in [1.807, 2.05) is 0 Å². The van der Waals surface area contributed by atoms with E-state index in [0.29, 0.717) is 5.56 Å². The van der Waals surface area contributed by atoms with Crippen molar-refractivity contribution >= 4 is 17.6 Å². The number of nitrogens with one attached hydrogen (secondary N) is 1. The predicted octanol–water partition coefficient (Wildman–Crippen LogP) is 2.79. The first kappa shape index (κ1) is 14.5. The third-order valence-corrected chi connectivity index (χ3v) is 2.95. The fourth-order valence-corrected chi connectivity index (χ4v) is 1.78. The molecule has 0 saturated carbocycles. The molecule has 2 rings (SSSR count). The molecule has 5 nitrogen and oxygen atoms in total. The molecule has 6 heteroatoms. The highest BCUT2D eigenvalue weighted by Crippen LogP contribution is 2.23. The number of aryl methyl sites for hydroxylation is 1. The Morgan fingerprint density at radius 1 is 1.19 bits per heavy atom. The minimum absolute atomic E-state index is 0.0108. The molecule has 1 amide bonds. The first-order valence-corrected chi connectivity index (χ1v) is 6.03. The van der Waals surface area contributed by atoms with Gasteiger partial charge in [0.15, 0.2) is 0 Å². The molecule has 3 N–H and O–H groups in total. The lowest BCUT2D eigenvalue weighted by atomic mass is 10.1. The number of amides is 1. The Bertz CT molecular complexity index is 728. The van der Waals surface area contributed by atoms with Gasteiger partial charge in [-0.05, 0) is 36.8 Å². The van der Waals surface area contributed by atoms with Gasteiger partial charge in [-0.2, -0.15) is 0 Å². The average Bonchev–Trinajstić information content (AvgIpc) is 2.43. The number of carboxylic acid groups (broad SMARTS) is 1. The largest absolute Gasteiger partial charge is 0.507 e. The molecule has 0 aliphatic heterocycles.